The van der Waals surface area contributed by atoms with Crippen molar-refractivity contribution in [3.63, 3.8) is 0 Å². The van der Waals surface area contributed by atoms with Gasteiger partial charge in [0.05, 0.1) is 19.1 Å². The topological polar surface area (TPSA) is 52.3 Å². The minimum Gasteiger partial charge on any atom is -0.469 e. The number of carbonyl (C=O) groups excluding carboxylic acids is 1. The van der Waals surface area contributed by atoms with Crippen molar-refractivity contribution in [2.75, 3.05) is 7.11 Å². The summed E-state index contributed by atoms with van der Waals surface area (Å²) in [6.45, 7) is 3.58. The summed E-state index contributed by atoms with van der Waals surface area (Å²) in [7, 11) is 1.12. The first-order valence-corrected chi connectivity index (χ1v) is 5.06. The molecule has 0 bridgehead atoms. The molecule has 0 aliphatic carbocycles. The molecule has 6 heteroatoms. The van der Waals surface area contributed by atoms with Gasteiger partial charge in [0.15, 0.2) is 6.17 Å². The van der Waals surface area contributed by atoms with E-state index in [9.17, 15) is 18.0 Å². The smallest absolute Gasteiger partial charge is 0.310 e. The summed E-state index contributed by atoms with van der Waals surface area (Å²) in [6.07, 6.45) is -5.47. The molecule has 0 saturated heterocycles. The molecule has 0 fully saturated rings. The monoisotopic (exact) mass is 241 g/mol. The van der Waals surface area contributed by atoms with Crippen LogP contribution in [0.2, 0.25) is 0 Å². The highest BCUT2D eigenvalue weighted by molar-refractivity contribution is 5.73. The molecule has 0 rings (SSSR count). The quantitative estimate of drug-likeness (QED) is 0.721. The van der Waals surface area contributed by atoms with Crippen LogP contribution in [0.1, 0.15) is 20.3 Å². The fourth-order valence-corrected chi connectivity index (χ4v) is 1.46. The molecule has 0 saturated carbocycles. The van der Waals surface area contributed by atoms with Gasteiger partial charge in [0.1, 0.15) is 0 Å². The maximum Gasteiger partial charge on any atom is 0.310 e. The van der Waals surface area contributed by atoms with E-state index in [2.05, 4.69) is 4.74 Å². The third kappa shape index (κ3) is 4.38. The van der Waals surface area contributed by atoms with Crippen LogP contribution >= 0.6 is 0 Å². The zero-order valence-electron chi connectivity index (χ0n) is 9.62. The summed E-state index contributed by atoms with van der Waals surface area (Å²) in [6, 6.07) is -1.53. The van der Waals surface area contributed by atoms with E-state index in [-0.39, 0.29) is 12.3 Å². The second kappa shape index (κ2) is 6.73. The lowest BCUT2D eigenvalue weighted by Gasteiger charge is -2.25. The van der Waals surface area contributed by atoms with E-state index in [1.165, 1.54) is 0 Å². The van der Waals surface area contributed by atoms with Gasteiger partial charge in [-0.3, -0.25) is 4.79 Å². The van der Waals surface area contributed by atoms with Crippen molar-refractivity contribution in [3.8, 4) is 0 Å². The fraction of sp³-hybridized carbons (Fsp3) is 0.900. The highest BCUT2D eigenvalue weighted by Crippen LogP contribution is 2.22. The van der Waals surface area contributed by atoms with E-state index < -0.39 is 30.5 Å². The molecule has 0 spiro atoms. The summed E-state index contributed by atoms with van der Waals surface area (Å²) < 4.78 is 41.7. The molecule has 2 N–H and O–H groups in total. The Labute approximate surface area is 93.1 Å². The lowest BCUT2D eigenvalue weighted by molar-refractivity contribution is -0.148. The zero-order valence-corrected chi connectivity index (χ0v) is 9.62. The van der Waals surface area contributed by atoms with Gasteiger partial charge < -0.3 is 10.5 Å². The predicted octanol–water partition coefficient (Wildman–Crippen LogP) is 1.75. The second-order valence-corrected chi connectivity index (χ2v) is 4.12. The Hall–Kier alpha value is -0.780. The number of methoxy groups -OCH3 is 1. The molecule has 0 aromatic carbocycles. The first-order chi connectivity index (χ1) is 7.31. The Bertz CT molecular complexity index is 224. The van der Waals surface area contributed by atoms with E-state index in [4.69, 9.17) is 5.73 Å². The molecule has 0 aliphatic rings. The third-order valence-electron chi connectivity index (χ3n) is 2.30. The fourth-order valence-electron chi connectivity index (χ4n) is 1.46. The first-order valence-electron chi connectivity index (χ1n) is 5.06. The van der Waals surface area contributed by atoms with E-state index in [1.54, 1.807) is 13.8 Å². The molecule has 0 aliphatic heterocycles. The van der Waals surface area contributed by atoms with Crippen LogP contribution in [0.25, 0.3) is 0 Å². The Morgan fingerprint density at radius 2 is 1.81 bits per heavy atom. The van der Waals surface area contributed by atoms with Gasteiger partial charge in [-0.05, 0) is 12.3 Å². The van der Waals surface area contributed by atoms with Crippen LogP contribution in [0.4, 0.5) is 13.2 Å². The van der Waals surface area contributed by atoms with Gasteiger partial charge in [-0.15, -0.1) is 0 Å². The number of rotatable bonds is 6. The third-order valence-corrected chi connectivity index (χ3v) is 2.30. The lowest BCUT2D eigenvalue weighted by atomic mass is 9.88. The van der Waals surface area contributed by atoms with Crippen LogP contribution in [0.15, 0.2) is 0 Å². The van der Waals surface area contributed by atoms with Gasteiger partial charge in [-0.25, -0.2) is 13.2 Å². The van der Waals surface area contributed by atoms with Gasteiger partial charge in [0.2, 0.25) is 0 Å². The van der Waals surface area contributed by atoms with Crippen LogP contribution in [-0.2, 0) is 9.53 Å². The number of esters is 1. The largest absolute Gasteiger partial charge is 0.469 e. The first kappa shape index (κ1) is 15.2. The number of ether oxygens (including phenoxy) is 1. The van der Waals surface area contributed by atoms with Crippen LogP contribution in [-0.4, -0.2) is 31.7 Å². The maximum atomic E-state index is 13.0. The lowest BCUT2D eigenvalue weighted by Crippen LogP contribution is -2.46. The van der Waals surface area contributed by atoms with Crippen molar-refractivity contribution in [3.05, 3.63) is 0 Å². The summed E-state index contributed by atoms with van der Waals surface area (Å²) in [5, 5.41) is 0. The van der Waals surface area contributed by atoms with Crippen molar-refractivity contribution < 1.29 is 22.7 Å². The van der Waals surface area contributed by atoms with E-state index in [0.717, 1.165) is 7.11 Å². The molecular weight excluding hydrogens is 223 g/mol. The molecule has 3 unspecified atom stereocenters. The Balaban J connectivity index is 4.67. The molecule has 3 atom stereocenters. The summed E-state index contributed by atoms with van der Waals surface area (Å²) in [5.74, 6) is -1.74. The summed E-state index contributed by atoms with van der Waals surface area (Å²) >= 11 is 0. The van der Waals surface area contributed by atoms with Crippen molar-refractivity contribution in [2.45, 2.75) is 38.9 Å². The minimum atomic E-state index is -3.19. The number of halogens is 3. The van der Waals surface area contributed by atoms with E-state index >= 15 is 0 Å². The average molecular weight is 241 g/mol. The normalized spacial score (nSPS) is 17.3. The van der Waals surface area contributed by atoms with Gasteiger partial charge >= 0.3 is 5.97 Å². The molecular formula is C10H18F3NO2. The SMILES string of the molecule is COC(=O)C(CC(C)C)C(N)C(F)C(F)F. The predicted molar refractivity (Wildman–Crippen MR) is 53.8 cm³/mol. The number of hydrogen-bond donors (Lipinski definition) is 1. The molecule has 0 aromatic heterocycles. The highest BCUT2D eigenvalue weighted by atomic mass is 19.3. The Morgan fingerprint density at radius 3 is 2.12 bits per heavy atom. The molecule has 0 amide bonds. The van der Waals surface area contributed by atoms with Crippen LogP contribution in [0.5, 0.6) is 0 Å². The van der Waals surface area contributed by atoms with Crippen LogP contribution in [0, 0.1) is 11.8 Å². The standard InChI is InChI=1S/C10H18F3NO2/c1-5(2)4-6(10(15)16-3)8(14)7(11)9(12)13/h5-9H,4,14H2,1-3H3. The second-order valence-electron chi connectivity index (χ2n) is 4.12. The number of carbonyl (C=O) groups is 1. The van der Waals surface area contributed by atoms with Crippen molar-refractivity contribution in [2.24, 2.45) is 17.6 Å². The van der Waals surface area contributed by atoms with Crippen molar-refractivity contribution >= 4 is 5.97 Å². The summed E-state index contributed by atoms with van der Waals surface area (Å²) in [5.41, 5.74) is 5.33. The van der Waals surface area contributed by atoms with Gasteiger partial charge in [-0.2, -0.15) is 0 Å². The average Bonchev–Trinajstić information content (AvgIpc) is 2.22. The van der Waals surface area contributed by atoms with Crippen LogP contribution < -0.4 is 5.73 Å². The van der Waals surface area contributed by atoms with Crippen molar-refractivity contribution in [1.82, 2.24) is 0 Å². The molecule has 96 valence electrons. The van der Waals surface area contributed by atoms with E-state index in [0.29, 0.717) is 0 Å². The van der Waals surface area contributed by atoms with Gasteiger partial charge in [0, 0.05) is 0 Å². The van der Waals surface area contributed by atoms with E-state index in [1.807, 2.05) is 0 Å². The molecule has 16 heavy (non-hydrogen) atoms. The van der Waals surface area contributed by atoms with Crippen molar-refractivity contribution in [1.29, 1.82) is 0 Å². The number of alkyl halides is 3. The Morgan fingerprint density at radius 1 is 1.31 bits per heavy atom. The Kier molecular flexibility index (Phi) is 6.40. The van der Waals surface area contributed by atoms with Crippen LogP contribution in [0.3, 0.4) is 0 Å². The van der Waals surface area contributed by atoms with Gasteiger partial charge in [-0.1, -0.05) is 13.8 Å². The highest BCUT2D eigenvalue weighted by Gasteiger charge is 2.37. The number of nitrogens with two attached hydrogens (primary N) is 1. The summed E-state index contributed by atoms with van der Waals surface area (Å²) in [4.78, 5) is 11.3. The zero-order chi connectivity index (χ0) is 12.9. The molecule has 0 radical (unpaired) electrons. The van der Waals surface area contributed by atoms with Gasteiger partial charge in [0.25, 0.3) is 6.43 Å². The molecule has 0 heterocycles. The number of hydrogen-bond acceptors (Lipinski definition) is 3. The minimum absolute atomic E-state index is 0.0417. The molecule has 3 nitrogen and oxygen atoms in total. The maximum absolute atomic E-state index is 13.0. The molecule has 0 aromatic rings.